The molecule has 253 valence electrons. The van der Waals surface area contributed by atoms with E-state index in [9.17, 15) is 0 Å². The molecule has 0 aliphatic rings. The summed E-state index contributed by atoms with van der Waals surface area (Å²) in [5.74, 6) is 0. The number of rotatable bonds is 8. The maximum atomic E-state index is 3.75. The number of hydrogen-bond acceptors (Lipinski definition) is 0. The van der Waals surface area contributed by atoms with Crippen molar-refractivity contribution in [2.75, 3.05) is 0 Å². The van der Waals surface area contributed by atoms with E-state index in [0.29, 0.717) is 0 Å². The Kier molecular flexibility index (Phi) is 9.07. The minimum absolute atomic E-state index is 1.08. The Labute approximate surface area is 318 Å². The van der Waals surface area contributed by atoms with Gasteiger partial charge < -0.3 is 0 Å². The van der Waals surface area contributed by atoms with E-state index < -0.39 is 0 Å². The Morgan fingerprint density at radius 1 is 0.222 bits per heavy atom. The maximum Gasteiger partial charge on any atom is -0.00141 e. The smallest absolute Gasteiger partial charge is 0.00141 e. The highest BCUT2D eigenvalue weighted by atomic mass is 14.2. The highest BCUT2D eigenvalue weighted by molar-refractivity contribution is 5.99. The molecule has 0 saturated carbocycles. The van der Waals surface area contributed by atoms with E-state index in [1.54, 1.807) is 0 Å². The molecule has 0 fully saturated rings. The van der Waals surface area contributed by atoms with Crippen LogP contribution in [-0.2, 0) is 0 Å². The summed E-state index contributed by atoms with van der Waals surface area (Å²) in [5.41, 5.74) is 18.8. The van der Waals surface area contributed by atoms with Crippen LogP contribution in [0.4, 0.5) is 0 Å². The Morgan fingerprint density at radius 2 is 0.556 bits per heavy atom. The molecule has 54 heavy (non-hydrogen) atoms. The van der Waals surface area contributed by atoms with Crippen molar-refractivity contribution in [2.24, 2.45) is 0 Å². The summed E-state index contributed by atoms with van der Waals surface area (Å²) in [4.78, 5) is 0. The van der Waals surface area contributed by atoms with Gasteiger partial charge in [0.05, 0.1) is 0 Å². The minimum Gasteiger partial charge on any atom is -0.0622 e. The summed E-state index contributed by atoms with van der Waals surface area (Å²) in [6.07, 6.45) is 0. The summed E-state index contributed by atoms with van der Waals surface area (Å²) in [6.45, 7) is 0. The summed E-state index contributed by atoms with van der Waals surface area (Å²) in [7, 11) is 0. The fraction of sp³-hybridized carbons (Fsp3) is 0. The molecule has 0 aromatic heterocycles. The molecule has 0 aliphatic heterocycles. The molecule has 0 heteroatoms. The van der Waals surface area contributed by atoms with Crippen molar-refractivity contribution >= 4 is 0 Å². The molecule has 0 aliphatic carbocycles. The van der Waals surface area contributed by atoms with Gasteiger partial charge in [-0.15, -0.1) is 0 Å². The molecule has 9 aromatic rings. The summed E-state index contributed by atoms with van der Waals surface area (Å²) >= 11 is 0. The third kappa shape index (κ3) is 6.70. The lowest BCUT2D eigenvalue weighted by atomic mass is 9.83. The summed E-state index contributed by atoms with van der Waals surface area (Å²) < 4.78 is 0. The molecule has 0 amide bonds. The first-order valence-electron chi connectivity index (χ1n) is 18.5. The normalized spacial score (nSPS) is 11.0. The van der Waals surface area contributed by atoms with Gasteiger partial charge >= 0.3 is 0 Å². The van der Waals surface area contributed by atoms with Crippen LogP contribution in [0.2, 0.25) is 0 Å². The van der Waals surface area contributed by atoms with Gasteiger partial charge in [-0.25, -0.2) is 0 Å². The van der Waals surface area contributed by atoms with Gasteiger partial charge in [0, 0.05) is 0 Å². The van der Waals surface area contributed by atoms with E-state index in [1.165, 1.54) is 66.8 Å². The van der Waals surface area contributed by atoms with Crippen LogP contribution in [0.5, 0.6) is 0 Å². The fourth-order valence-electron chi connectivity index (χ4n) is 7.56. The van der Waals surface area contributed by atoms with Crippen LogP contribution in [0.15, 0.2) is 224 Å². The van der Waals surface area contributed by atoms with Gasteiger partial charge in [-0.1, -0.05) is 200 Å². The Balaban J connectivity index is 1.24. The van der Waals surface area contributed by atoms with Crippen LogP contribution >= 0.6 is 0 Å². The zero-order chi connectivity index (χ0) is 36.1. The van der Waals surface area contributed by atoms with Crippen LogP contribution < -0.4 is 0 Å². The largest absolute Gasteiger partial charge is 0.0622 e. The second kappa shape index (κ2) is 14.9. The summed E-state index contributed by atoms with van der Waals surface area (Å²) in [5, 5.41) is 0. The molecule has 0 heterocycles. The fourth-order valence-corrected chi connectivity index (χ4v) is 7.56. The van der Waals surface area contributed by atoms with Gasteiger partial charge in [0.25, 0.3) is 0 Å². The molecule has 0 bridgehead atoms. The molecule has 0 unspecified atom stereocenters. The highest BCUT2D eigenvalue weighted by Gasteiger charge is 2.19. The lowest BCUT2D eigenvalue weighted by molar-refractivity contribution is 1.53. The first-order valence-corrected chi connectivity index (χ1v) is 18.5. The van der Waals surface area contributed by atoms with Crippen molar-refractivity contribution in [3.05, 3.63) is 231 Å². The molecule has 0 atom stereocenters. The van der Waals surface area contributed by atoms with E-state index in [2.05, 4.69) is 231 Å². The molecule has 0 nitrogen and oxygen atoms in total. The van der Waals surface area contributed by atoms with Crippen LogP contribution in [0.1, 0.15) is 0 Å². The van der Waals surface area contributed by atoms with E-state index >= 15 is 0 Å². The van der Waals surface area contributed by atoms with Gasteiger partial charge in [0.2, 0.25) is 0 Å². The first kappa shape index (κ1) is 32.9. The quantitative estimate of drug-likeness (QED) is 0.149. The van der Waals surface area contributed by atoms with Crippen LogP contribution in [0.25, 0.3) is 89.0 Å². The van der Waals surface area contributed by atoms with Crippen LogP contribution in [0, 0.1) is 6.07 Å². The van der Waals surface area contributed by atoms with Crippen LogP contribution in [-0.4, -0.2) is 0 Å². The molecule has 1 radical (unpaired) electrons. The Morgan fingerprint density at radius 3 is 1.06 bits per heavy atom. The second-order valence-electron chi connectivity index (χ2n) is 13.6. The van der Waals surface area contributed by atoms with E-state index in [-0.39, 0.29) is 0 Å². The predicted octanol–water partition coefficient (Wildman–Crippen LogP) is 14.8. The van der Waals surface area contributed by atoms with Gasteiger partial charge in [-0.2, -0.15) is 0 Å². The SMILES string of the molecule is [c]1ccc(-c2cccc(-c3ccccc3)c2)c(-c2cccc(-c3cccc(-c4ccccc4)c3)c2)c1-c1ccccc1-c1cccc(-c2ccccc2)c1. The van der Waals surface area contributed by atoms with Crippen molar-refractivity contribution in [3.63, 3.8) is 0 Å². The van der Waals surface area contributed by atoms with Crippen molar-refractivity contribution in [2.45, 2.75) is 0 Å². The third-order valence-corrected chi connectivity index (χ3v) is 10.2. The highest BCUT2D eigenvalue weighted by Crippen LogP contribution is 2.45. The molecular weight excluding hydrogens is 649 g/mol. The van der Waals surface area contributed by atoms with Gasteiger partial charge in [0.15, 0.2) is 0 Å². The zero-order valence-corrected chi connectivity index (χ0v) is 29.9. The van der Waals surface area contributed by atoms with Crippen molar-refractivity contribution < 1.29 is 0 Å². The molecule has 0 spiro atoms. The Bertz CT molecular complexity index is 2690. The molecule has 0 N–H and O–H groups in total. The molecule has 9 rings (SSSR count). The zero-order valence-electron chi connectivity index (χ0n) is 29.9. The van der Waals surface area contributed by atoms with Gasteiger partial charge in [0.1, 0.15) is 0 Å². The average molecular weight is 686 g/mol. The lowest BCUT2D eigenvalue weighted by Gasteiger charge is -2.20. The Hall–Kier alpha value is -7.02. The second-order valence-corrected chi connectivity index (χ2v) is 13.6. The van der Waals surface area contributed by atoms with Crippen molar-refractivity contribution in [1.29, 1.82) is 0 Å². The van der Waals surface area contributed by atoms with E-state index in [4.69, 9.17) is 0 Å². The summed E-state index contributed by atoms with van der Waals surface area (Å²) in [6, 6.07) is 84.4. The number of hydrogen-bond donors (Lipinski definition) is 0. The topological polar surface area (TPSA) is 0 Å². The first-order chi connectivity index (χ1) is 26.8. The predicted molar refractivity (Wildman–Crippen MR) is 229 cm³/mol. The molecular formula is C54H37. The molecule has 9 aromatic carbocycles. The van der Waals surface area contributed by atoms with Gasteiger partial charge in [-0.3, -0.25) is 0 Å². The molecule has 0 saturated heterocycles. The standard InChI is InChI=1S/C54H37/c1-4-17-39(18-5-1)42-23-12-26-45(35-42)46-27-15-30-49(38-46)54-51(48-29-14-25-44(37-48)41-21-8-3-9-22-41)33-16-34-53(54)52-32-11-10-31-50(52)47-28-13-24-43(36-47)40-19-6-2-7-20-40/h1-33,35-38H. The minimum atomic E-state index is 1.08. The van der Waals surface area contributed by atoms with Crippen LogP contribution in [0.3, 0.4) is 0 Å². The third-order valence-electron chi connectivity index (χ3n) is 10.2. The van der Waals surface area contributed by atoms with Crippen molar-refractivity contribution in [1.82, 2.24) is 0 Å². The number of benzene rings is 9. The van der Waals surface area contributed by atoms with Gasteiger partial charge in [-0.05, 0) is 119 Å². The van der Waals surface area contributed by atoms with E-state index in [1.807, 2.05) is 0 Å². The maximum absolute atomic E-state index is 3.75. The monoisotopic (exact) mass is 685 g/mol. The lowest BCUT2D eigenvalue weighted by Crippen LogP contribution is -1.94. The van der Waals surface area contributed by atoms with E-state index in [0.717, 1.165) is 22.3 Å². The van der Waals surface area contributed by atoms with Crippen molar-refractivity contribution in [3.8, 4) is 89.0 Å². The average Bonchev–Trinajstić information content (AvgIpc) is 3.27.